The standard InChI is InChI=1S/C23H33N3O3S/c1-6-26(7-2)30(28,29)22-10-8-9-21(15-22)24-23(27)17-25(5)16-19-11-13-20(14-12-19)18(3)4/h8-15,18H,6-7,16-17H2,1-5H3,(H,24,27). The summed E-state index contributed by atoms with van der Waals surface area (Å²) in [5, 5.41) is 2.81. The predicted octanol–water partition coefficient (Wildman–Crippen LogP) is 3.91. The molecule has 0 saturated heterocycles. The monoisotopic (exact) mass is 431 g/mol. The molecule has 0 radical (unpaired) electrons. The number of likely N-dealkylation sites (N-methyl/N-ethyl adjacent to an activating group) is 1. The molecule has 0 aromatic heterocycles. The van der Waals surface area contributed by atoms with Crippen molar-refractivity contribution < 1.29 is 13.2 Å². The molecule has 0 aliphatic rings. The van der Waals surface area contributed by atoms with Gasteiger partial charge in [-0.15, -0.1) is 0 Å². The molecule has 0 spiro atoms. The van der Waals surface area contributed by atoms with Crippen LogP contribution in [0.5, 0.6) is 0 Å². The maximum Gasteiger partial charge on any atom is 0.243 e. The number of amides is 1. The second-order valence-corrected chi connectivity index (χ2v) is 9.67. The van der Waals surface area contributed by atoms with Crippen LogP contribution in [0, 0.1) is 0 Å². The Labute approximate surface area is 180 Å². The Morgan fingerprint density at radius 2 is 1.67 bits per heavy atom. The molecule has 0 heterocycles. The predicted molar refractivity (Wildman–Crippen MR) is 122 cm³/mol. The fraction of sp³-hybridized carbons (Fsp3) is 0.435. The van der Waals surface area contributed by atoms with E-state index in [1.807, 2.05) is 11.9 Å². The number of sulfonamides is 1. The maximum atomic E-state index is 12.7. The highest BCUT2D eigenvalue weighted by Crippen LogP contribution is 2.20. The van der Waals surface area contributed by atoms with E-state index in [9.17, 15) is 13.2 Å². The molecule has 2 rings (SSSR count). The first-order valence-electron chi connectivity index (χ1n) is 10.3. The highest BCUT2D eigenvalue weighted by molar-refractivity contribution is 7.89. The molecule has 0 bridgehead atoms. The van der Waals surface area contributed by atoms with Gasteiger partial charge in [0.25, 0.3) is 0 Å². The number of anilines is 1. The largest absolute Gasteiger partial charge is 0.325 e. The molecule has 0 atom stereocenters. The number of nitrogens with zero attached hydrogens (tertiary/aromatic N) is 2. The van der Waals surface area contributed by atoms with E-state index in [0.717, 1.165) is 5.56 Å². The van der Waals surface area contributed by atoms with Gasteiger partial charge in [0.2, 0.25) is 15.9 Å². The van der Waals surface area contributed by atoms with Gasteiger partial charge in [0, 0.05) is 25.3 Å². The third-order valence-electron chi connectivity index (χ3n) is 4.97. The summed E-state index contributed by atoms with van der Waals surface area (Å²) in [6, 6.07) is 14.8. The maximum absolute atomic E-state index is 12.7. The van der Waals surface area contributed by atoms with Gasteiger partial charge in [-0.2, -0.15) is 4.31 Å². The van der Waals surface area contributed by atoms with Gasteiger partial charge in [-0.3, -0.25) is 9.69 Å². The minimum absolute atomic E-state index is 0.183. The van der Waals surface area contributed by atoms with Crippen molar-refractivity contribution in [1.82, 2.24) is 9.21 Å². The van der Waals surface area contributed by atoms with Crippen molar-refractivity contribution in [2.45, 2.75) is 45.1 Å². The highest BCUT2D eigenvalue weighted by atomic mass is 32.2. The van der Waals surface area contributed by atoms with E-state index in [-0.39, 0.29) is 17.3 Å². The van der Waals surface area contributed by atoms with Crippen LogP contribution in [0.25, 0.3) is 0 Å². The average Bonchev–Trinajstić information content (AvgIpc) is 2.69. The molecule has 0 aliphatic carbocycles. The number of carbonyl (C=O) groups excluding carboxylic acids is 1. The fourth-order valence-corrected chi connectivity index (χ4v) is 4.77. The molecule has 2 aromatic carbocycles. The second kappa shape index (κ2) is 10.7. The minimum atomic E-state index is -3.56. The van der Waals surface area contributed by atoms with E-state index >= 15 is 0 Å². The van der Waals surface area contributed by atoms with Crippen LogP contribution in [0.2, 0.25) is 0 Å². The first-order valence-corrected chi connectivity index (χ1v) is 11.8. The van der Waals surface area contributed by atoms with Crippen molar-refractivity contribution in [3.63, 3.8) is 0 Å². The number of hydrogen-bond donors (Lipinski definition) is 1. The fourth-order valence-electron chi connectivity index (χ4n) is 3.27. The molecule has 1 N–H and O–H groups in total. The Kier molecular flexibility index (Phi) is 8.58. The molecule has 6 nitrogen and oxygen atoms in total. The summed E-state index contributed by atoms with van der Waals surface area (Å²) in [6.07, 6.45) is 0. The number of nitrogens with one attached hydrogen (secondary N) is 1. The molecule has 0 unspecified atom stereocenters. The Balaban J connectivity index is 1.99. The van der Waals surface area contributed by atoms with Gasteiger partial charge in [0.05, 0.1) is 11.4 Å². The van der Waals surface area contributed by atoms with Crippen LogP contribution in [0.1, 0.15) is 44.7 Å². The van der Waals surface area contributed by atoms with Gasteiger partial charge in [0.15, 0.2) is 0 Å². The zero-order valence-electron chi connectivity index (χ0n) is 18.6. The van der Waals surface area contributed by atoms with Gasteiger partial charge in [0.1, 0.15) is 0 Å². The number of benzene rings is 2. The molecule has 0 fully saturated rings. The van der Waals surface area contributed by atoms with Gasteiger partial charge >= 0.3 is 0 Å². The van der Waals surface area contributed by atoms with Gasteiger partial charge < -0.3 is 5.32 Å². The third kappa shape index (κ3) is 6.39. The molecule has 0 aliphatic heterocycles. The number of hydrogen-bond acceptors (Lipinski definition) is 4. The van der Waals surface area contributed by atoms with Crippen molar-refractivity contribution in [1.29, 1.82) is 0 Å². The third-order valence-corrected chi connectivity index (χ3v) is 7.02. The first-order chi connectivity index (χ1) is 14.2. The smallest absolute Gasteiger partial charge is 0.243 e. The molecule has 164 valence electrons. The number of rotatable bonds is 10. The van der Waals surface area contributed by atoms with Gasteiger partial charge in [-0.25, -0.2) is 8.42 Å². The van der Waals surface area contributed by atoms with Crippen LogP contribution >= 0.6 is 0 Å². The first kappa shape index (κ1) is 24.1. The Morgan fingerprint density at radius 3 is 2.23 bits per heavy atom. The van der Waals surface area contributed by atoms with Crippen LogP contribution in [0.15, 0.2) is 53.4 Å². The van der Waals surface area contributed by atoms with Crippen LogP contribution in [-0.4, -0.2) is 50.2 Å². The van der Waals surface area contributed by atoms with E-state index < -0.39 is 10.0 Å². The van der Waals surface area contributed by atoms with E-state index in [2.05, 4.69) is 43.4 Å². The molecule has 0 saturated carbocycles. The lowest BCUT2D eigenvalue weighted by atomic mass is 10.0. The summed E-state index contributed by atoms with van der Waals surface area (Å²) in [6.45, 7) is 9.59. The molecular formula is C23H33N3O3S. The zero-order valence-corrected chi connectivity index (χ0v) is 19.4. The van der Waals surface area contributed by atoms with Crippen LogP contribution < -0.4 is 5.32 Å². The summed E-state index contributed by atoms with van der Waals surface area (Å²) >= 11 is 0. The SMILES string of the molecule is CCN(CC)S(=O)(=O)c1cccc(NC(=O)CN(C)Cc2ccc(C(C)C)cc2)c1. The van der Waals surface area contributed by atoms with Crippen LogP contribution in [0.4, 0.5) is 5.69 Å². The summed E-state index contributed by atoms with van der Waals surface area (Å²) in [4.78, 5) is 14.6. The van der Waals surface area contributed by atoms with Crippen molar-refractivity contribution in [2.24, 2.45) is 0 Å². The topological polar surface area (TPSA) is 69.7 Å². The van der Waals surface area contributed by atoms with Crippen molar-refractivity contribution in [3.8, 4) is 0 Å². The lowest BCUT2D eigenvalue weighted by Gasteiger charge is -2.19. The van der Waals surface area contributed by atoms with Crippen molar-refractivity contribution in [2.75, 3.05) is 32.0 Å². The zero-order chi connectivity index (χ0) is 22.3. The summed E-state index contributed by atoms with van der Waals surface area (Å²) in [7, 11) is -1.68. The summed E-state index contributed by atoms with van der Waals surface area (Å²) in [5.74, 6) is 0.303. The Hall–Kier alpha value is -2.22. The summed E-state index contributed by atoms with van der Waals surface area (Å²) in [5.41, 5.74) is 2.91. The molecular weight excluding hydrogens is 398 g/mol. The molecule has 1 amide bonds. The lowest BCUT2D eigenvalue weighted by molar-refractivity contribution is -0.117. The molecule has 7 heteroatoms. The highest BCUT2D eigenvalue weighted by Gasteiger charge is 2.22. The van der Waals surface area contributed by atoms with E-state index in [0.29, 0.717) is 31.2 Å². The average molecular weight is 432 g/mol. The van der Waals surface area contributed by atoms with Crippen LogP contribution in [0.3, 0.4) is 0 Å². The van der Waals surface area contributed by atoms with E-state index in [1.165, 1.54) is 15.9 Å². The second-order valence-electron chi connectivity index (χ2n) is 7.73. The van der Waals surface area contributed by atoms with Crippen molar-refractivity contribution >= 4 is 21.6 Å². The van der Waals surface area contributed by atoms with Gasteiger partial charge in [-0.1, -0.05) is 58.0 Å². The van der Waals surface area contributed by atoms with Gasteiger partial charge in [-0.05, 0) is 42.3 Å². The molecule has 2 aromatic rings. The quantitative estimate of drug-likeness (QED) is 0.619. The lowest BCUT2D eigenvalue weighted by Crippen LogP contribution is -2.31. The summed E-state index contributed by atoms with van der Waals surface area (Å²) < 4.78 is 26.8. The Morgan fingerprint density at radius 1 is 1.03 bits per heavy atom. The van der Waals surface area contributed by atoms with E-state index in [4.69, 9.17) is 0 Å². The number of carbonyl (C=O) groups is 1. The molecule has 30 heavy (non-hydrogen) atoms. The normalized spacial score (nSPS) is 12.0. The van der Waals surface area contributed by atoms with Crippen molar-refractivity contribution in [3.05, 3.63) is 59.7 Å². The Bertz CT molecular complexity index is 936. The van der Waals surface area contributed by atoms with E-state index in [1.54, 1.807) is 32.0 Å². The van der Waals surface area contributed by atoms with Crippen LogP contribution in [-0.2, 0) is 21.4 Å². The minimum Gasteiger partial charge on any atom is -0.325 e.